The van der Waals surface area contributed by atoms with Crippen molar-refractivity contribution in [3.05, 3.63) is 46.6 Å². The van der Waals surface area contributed by atoms with Crippen molar-refractivity contribution in [2.24, 2.45) is 5.73 Å². The number of carbonyl (C=O) groups excluding carboxylic acids is 2. The minimum atomic E-state index is -0.803. The van der Waals surface area contributed by atoms with Crippen molar-refractivity contribution in [2.45, 2.75) is 6.61 Å². The number of aromatic nitrogens is 1. The maximum absolute atomic E-state index is 12.1. The Morgan fingerprint density at radius 2 is 1.91 bits per heavy atom. The minimum absolute atomic E-state index is 0.0251. The number of halogens is 1. The summed E-state index contributed by atoms with van der Waals surface area (Å²) in [7, 11) is 2.70. The van der Waals surface area contributed by atoms with Crippen LogP contribution in [0.1, 0.15) is 16.1 Å². The third-order valence-electron chi connectivity index (χ3n) is 3.15. The maximum atomic E-state index is 12.1. The number of esters is 1. The molecule has 122 valence electrons. The van der Waals surface area contributed by atoms with Gasteiger partial charge in [-0.05, 0) is 0 Å². The van der Waals surface area contributed by atoms with E-state index in [0.717, 1.165) is 0 Å². The molecule has 23 heavy (non-hydrogen) atoms. The zero-order chi connectivity index (χ0) is 17.0. The Kier molecular flexibility index (Phi) is 5.25. The van der Waals surface area contributed by atoms with E-state index in [1.807, 2.05) is 6.07 Å². The summed E-state index contributed by atoms with van der Waals surface area (Å²) in [5, 5.41) is 0.142. The molecule has 0 bridgehead atoms. The molecule has 2 rings (SSSR count). The Bertz CT molecular complexity index is 728. The van der Waals surface area contributed by atoms with Crippen LogP contribution in [0.5, 0.6) is 0 Å². The standard InChI is InChI=1S/C15H16ClN3O4/c1-22-8-10-11(14(20)23-2)12(16)13(19(10)18-15(17)21)9-6-4-3-5-7-9/h3-7H,8H2,1-2H3,(H3,17,18,21). The highest BCUT2D eigenvalue weighted by Gasteiger charge is 2.28. The summed E-state index contributed by atoms with van der Waals surface area (Å²) in [5.74, 6) is -0.635. The largest absolute Gasteiger partial charge is 0.465 e. The first-order valence-corrected chi connectivity index (χ1v) is 7.01. The number of ether oxygens (including phenoxy) is 2. The number of primary amides is 1. The van der Waals surface area contributed by atoms with Gasteiger partial charge in [-0.2, -0.15) is 0 Å². The first kappa shape index (κ1) is 16.9. The van der Waals surface area contributed by atoms with Crippen molar-refractivity contribution in [3.63, 3.8) is 0 Å². The Morgan fingerprint density at radius 3 is 2.43 bits per heavy atom. The van der Waals surface area contributed by atoms with Gasteiger partial charge in [0.15, 0.2) is 0 Å². The molecule has 0 fully saturated rings. The van der Waals surface area contributed by atoms with E-state index in [9.17, 15) is 9.59 Å². The lowest BCUT2D eigenvalue weighted by Gasteiger charge is -2.13. The topological polar surface area (TPSA) is 95.6 Å². The number of methoxy groups -OCH3 is 2. The highest BCUT2D eigenvalue weighted by Crippen LogP contribution is 2.36. The minimum Gasteiger partial charge on any atom is -0.465 e. The number of nitrogens with two attached hydrogens (primary N) is 1. The van der Waals surface area contributed by atoms with Crippen LogP contribution in [0.4, 0.5) is 4.79 Å². The molecule has 0 atom stereocenters. The molecule has 0 saturated heterocycles. The molecular formula is C15H16ClN3O4. The fourth-order valence-corrected chi connectivity index (χ4v) is 2.64. The van der Waals surface area contributed by atoms with Crippen LogP contribution >= 0.6 is 11.6 Å². The van der Waals surface area contributed by atoms with Gasteiger partial charge in [0.1, 0.15) is 5.56 Å². The highest BCUT2D eigenvalue weighted by atomic mass is 35.5. The van der Waals surface area contributed by atoms with Crippen molar-refractivity contribution in [1.29, 1.82) is 0 Å². The van der Waals surface area contributed by atoms with Gasteiger partial charge in [-0.15, -0.1) is 0 Å². The van der Waals surface area contributed by atoms with Gasteiger partial charge in [-0.25, -0.2) is 15.0 Å². The highest BCUT2D eigenvalue weighted by molar-refractivity contribution is 6.36. The number of carbonyl (C=O) groups is 2. The van der Waals surface area contributed by atoms with E-state index in [0.29, 0.717) is 17.0 Å². The van der Waals surface area contributed by atoms with Gasteiger partial charge in [0.05, 0.1) is 30.1 Å². The van der Waals surface area contributed by atoms with E-state index >= 15 is 0 Å². The number of nitrogens with zero attached hydrogens (tertiary/aromatic N) is 1. The van der Waals surface area contributed by atoms with Crippen LogP contribution in [0.2, 0.25) is 5.02 Å². The lowest BCUT2D eigenvalue weighted by atomic mass is 10.1. The number of hydrogen-bond donors (Lipinski definition) is 2. The Morgan fingerprint density at radius 1 is 1.26 bits per heavy atom. The van der Waals surface area contributed by atoms with Crippen molar-refractivity contribution in [1.82, 2.24) is 4.68 Å². The van der Waals surface area contributed by atoms with Crippen LogP contribution in [-0.2, 0) is 16.1 Å². The molecule has 2 aromatic rings. The van der Waals surface area contributed by atoms with Crippen LogP contribution in [0, 0.1) is 0 Å². The number of benzene rings is 1. The molecule has 0 aliphatic carbocycles. The van der Waals surface area contributed by atoms with Gasteiger partial charge in [0.2, 0.25) is 0 Å². The Hall–Kier alpha value is -2.51. The molecule has 8 heteroatoms. The third-order valence-corrected chi connectivity index (χ3v) is 3.52. The van der Waals surface area contributed by atoms with Gasteiger partial charge < -0.3 is 15.2 Å². The second kappa shape index (κ2) is 7.17. The van der Waals surface area contributed by atoms with E-state index in [-0.39, 0.29) is 17.2 Å². The zero-order valence-electron chi connectivity index (χ0n) is 12.6. The van der Waals surface area contributed by atoms with E-state index in [1.165, 1.54) is 18.9 Å². The fraction of sp³-hybridized carbons (Fsp3) is 0.200. The summed E-state index contributed by atoms with van der Waals surface area (Å²) < 4.78 is 11.2. The summed E-state index contributed by atoms with van der Waals surface area (Å²) >= 11 is 6.39. The molecule has 0 saturated carbocycles. The summed E-state index contributed by atoms with van der Waals surface area (Å²) in [4.78, 5) is 23.5. The van der Waals surface area contributed by atoms with Crippen LogP contribution in [-0.4, -0.2) is 30.9 Å². The summed E-state index contributed by atoms with van der Waals surface area (Å²) in [6, 6.07) is 8.23. The number of nitrogens with one attached hydrogen (secondary N) is 1. The zero-order valence-corrected chi connectivity index (χ0v) is 13.4. The Labute approximate surface area is 137 Å². The average molecular weight is 338 g/mol. The van der Waals surface area contributed by atoms with Crippen LogP contribution in [0.3, 0.4) is 0 Å². The molecule has 7 nitrogen and oxygen atoms in total. The average Bonchev–Trinajstić information content (AvgIpc) is 2.79. The van der Waals surface area contributed by atoms with Crippen molar-refractivity contribution in [2.75, 3.05) is 19.6 Å². The second-order valence-corrected chi connectivity index (χ2v) is 4.96. The van der Waals surface area contributed by atoms with E-state index in [1.54, 1.807) is 24.3 Å². The molecular weight excluding hydrogens is 322 g/mol. The van der Waals surface area contributed by atoms with Crippen LogP contribution < -0.4 is 11.2 Å². The summed E-state index contributed by atoms with van der Waals surface area (Å²) in [6.07, 6.45) is 0. The molecule has 0 radical (unpaired) electrons. The normalized spacial score (nSPS) is 10.4. The second-order valence-electron chi connectivity index (χ2n) is 4.59. The number of urea groups is 1. The van der Waals surface area contributed by atoms with Crippen molar-refractivity contribution in [3.8, 4) is 11.3 Å². The first-order chi connectivity index (χ1) is 11.0. The molecule has 1 heterocycles. The smallest absolute Gasteiger partial charge is 0.341 e. The fourth-order valence-electron chi connectivity index (χ4n) is 2.26. The molecule has 0 spiro atoms. The van der Waals surface area contributed by atoms with E-state index < -0.39 is 12.0 Å². The molecule has 3 N–H and O–H groups in total. The molecule has 2 amide bonds. The van der Waals surface area contributed by atoms with Gasteiger partial charge in [0, 0.05) is 12.7 Å². The summed E-state index contributed by atoms with van der Waals surface area (Å²) in [6.45, 7) is 0.0251. The Balaban J connectivity index is 2.77. The predicted molar refractivity (Wildman–Crippen MR) is 85.9 cm³/mol. The molecule has 0 aliphatic rings. The van der Waals surface area contributed by atoms with Crippen molar-refractivity contribution >= 4 is 23.6 Å². The monoisotopic (exact) mass is 337 g/mol. The van der Waals surface area contributed by atoms with Crippen LogP contribution in [0.15, 0.2) is 30.3 Å². The number of hydrogen-bond acceptors (Lipinski definition) is 4. The van der Waals surface area contributed by atoms with Gasteiger partial charge >= 0.3 is 12.0 Å². The third kappa shape index (κ3) is 3.30. The predicted octanol–water partition coefficient (Wildman–Crippen LogP) is 2.36. The molecule has 0 aliphatic heterocycles. The van der Waals surface area contributed by atoms with Crippen molar-refractivity contribution < 1.29 is 19.1 Å². The summed E-state index contributed by atoms with van der Waals surface area (Å²) in [5.41, 5.74) is 9.24. The quantitative estimate of drug-likeness (QED) is 0.819. The SMILES string of the molecule is COCc1c(C(=O)OC)c(Cl)c(-c2ccccc2)n1NC(N)=O. The lowest BCUT2D eigenvalue weighted by Crippen LogP contribution is -2.30. The van der Waals surface area contributed by atoms with E-state index in [4.69, 9.17) is 26.8 Å². The van der Waals surface area contributed by atoms with Gasteiger partial charge in [0.25, 0.3) is 0 Å². The lowest BCUT2D eigenvalue weighted by molar-refractivity contribution is 0.0595. The number of amides is 2. The van der Waals surface area contributed by atoms with Crippen LogP contribution in [0.25, 0.3) is 11.3 Å². The van der Waals surface area contributed by atoms with Gasteiger partial charge in [-0.1, -0.05) is 41.9 Å². The molecule has 1 aromatic heterocycles. The van der Waals surface area contributed by atoms with E-state index in [2.05, 4.69) is 5.43 Å². The molecule has 1 aromatic carbocycles. The number of rotatable bonds is 5. The molecule has 0 unspecified atom stereocenters. The first-order valence-electron chi connectivity index (χ1n) is 6.63. The maximum Gasteiger partial charge on any atom is 0.341 e. The van der Waals surface area contributed by atoms with Gasteiger partial charge in [-0.3, -0.25) is 4.68 Å².